The number of rotatable bonds is 5. The van der Waals surface area contributed by atoms with Crippen LogP contribution in [0.15, 0.2) is 47.6 Å². The van der Waals surface area contributed by atoms with Gasteiger partial charge in [0, 0.05) is 6.07 Å². The van der Waals surface area contributed by atoms with Crippen molar-refractivity contribution in [1.29, 1.82) is 0 Å². The molecule has 0 amide bonds. The molecule has 0 radical (unpaired) electrons. The molecule has 0 atom stereocenters. The molecule has 8 heteroatoms. The number of alkyl halides is 3. The Hall–Kier alpha value is -2.90. The average molecular weight is 351 g/mol. The van der Waals surface area contributed by atoms with Gasteiger partial charge >= 0.3 is 6.18 Å². The van der Waals surface area contributed by atoms with E-state index in [1.54, 1.807) is 0 Å². The number of nitrogens with one attached hydrogen (secondary N) is 1. The molecule has 0 spiro atoms. The number of halogens is 3. The summed E-state index contributed by atoms with van der Waals surface area (Å²) in [5.74, 6) is 0.388. The lowest BCUT2D eigenvalue weighted by Crippen LogP contribution is -2.06. The Balaban J connectivity index is 2.18. The van der Waals surface area contributed by atoms with Crippen LogP contribution in [-0.2, 0) is 6.18 Å². The highest BCUT2D eigenvalue weighted by atomic mass is 19.4. The molecule has 0 fully saturated rings. The first-order valence-corrected chi connectivity index (χ1v) is 7.43. The third-order valence-electron chi connectivity index (χ3n) is 3.52. The van der Waals surface area contributed by atoms with Gasteiger partial charge in [-0.15, -0.1) is 0 Å². The summed E-state index contributed by atoms with van der Waals surface area (Å²) in [7, 11) is 0. The molecule has 0 aliphatic heterocycles. The Bertz CT molecular complexity index is 785. The topological polar surface area (TPSA) is 67.5 Å². The summed E-state index contributed by atoms with van der Waals surface area (Å²) in [5, 5.41) is 14.8. The molecule has 0 bridgehead atoms. The van der Waals surface area contributed by atoms with Gasteiger partial charge in [-0.05, 0) is 29.2 Å². The molecule has 0 aliphatic carbocycles. The maximum Gasteiger partial charge on any atom is 0.416 e. The van der Waals surface area contributed by atoms with Crippen molar-refractivity contribution in [1.82, 2.24) is 0 Å². The molecule has 1 N–H and O–H groups in total. The standard InChI is InChI=1S/C17H16F3N3O2/c1-11(2)13-5-3-12(4-6-13)10-21-22-15-8-7-14(17(18,19)20)9-16(15)23(24)25/h3-11,22H,1-2H3/b21-10-. The van der Waals surface area contributed by atoms with E-state index in [0.717, 1.165) is 23.3 Å². The largest absolute Gasteiger partial charge is 0.416 e. The minimum Gasteiger partial charge on any atom is -0.272 e. The number of nitrogens with zero attached hydrogens (tertiary/aromatic N) is 2. The number of anilines is 1. The monoisotopic (exact) mass is 351 g/mol. The van der Waals surface area contributed by atoms with Gasteiger partial charge in [-0.1, -0.05) is 38.1 Å². The maximum absolute atomic E-state index is 12.7. The van der Waals surface area contributed by atoms with Crippen LogP contribution < -0.4 is 5.43 Å². The fourth-order valence-corrected chi connectivity index (χ4v) is 2.10. The quantitative estimate of drug-likeness (QED) is 0.458. The van der Waals surface area contributed by atoms with Crippen LogP contribution in [0.2, 0.25) is 0 Å². The molecule has 5 nitrogen and oxygen atoms in total. The minimum absolute atomic E-state index is 0.118. The average Bonchev–Trinajstić information content (AvgIpc) is 2.54. The Morgan fingerprint density at radius 3 is 2.32 bits per heavy atom. The molecule has 2 aromatic rings. The fraction of sp³-hybridized carbons (Fsp3) is 0.235. The highest BCUT2D eigenvalue weighted by Gasteiger charge is 2.33. The smallest absolute Gasteiger partial charge is 0.272 e. The molecule has 0 unspecified atom stereocenters. The molecule has 2 aromatic carbocycles. The summed E-state index contributed by atoms with van der Waals surface area (Å²) in [6.07, 6.45) is -3.21. The summed E-state index contributed by atoms with van der Waals surface area (Å²) in [6.45, 7) is 4.13. The molecule has 132 valence electrons. The number of hydrazone groups is 1. The minimum atomic E-state index is -4.65. The molecule has 0 heterocycles. The fourth-order valence-electron chi connectivity index (χ4n) is 2.10. The van der Waals surface area contributed by atoms with Crippen molar-refractivity contribution >= 4 is 17.6 Å². The van der Waals surface area contributed by atoms with Crippen molar-refractivity contribution in [3.8, 4) is 0 Å². The normalized spacial score (nSPS) is 11.9. The first-order valence-electron chi connectivity index (χ1n) is 7.43. The van der Waals surface area contributed by atoms with E-state index in [1.807, 2.05) is 24.3 Å². The molecule has 0 saturated heterocycles. The van der Waals surface area contributed by atoms with Crippen molar-refractivity contribution in [3.63, 3.8) is 0 Å². The molecule has 2 rings (SSSR count). The van der Waals surface area contributed by atoms with Crippen LogP contribution in [-0.4, -0.2) is 11.1 Å². The van der Waals surface area contributed by atoms with Gasteiger partial charge in [-0.25, -0.2) is 0 Å². The number of benzene rings is 2. The van der Waals surface area contributed by atoms with Gasteiger partial charge in [-0.3, -0.25) is 15.5 Å². The Labute approximate surface area is 142 Å². The molecule has 0 aliphatic rings. The zero-order chi connectivity index (χ0) is 18.6. The van der Waals surface area contributed by atoms with Crippen LogP contribution in [0.5, 0.6) is 0 Å². The summed E-state index contributed by atoms with van der Waals surface area (Å²) < 4.78 is 38.0. The highest BCUT2D eigenvalue weighted by Crippen LogP contribution is 2.34. The second-order valence-corrected chi connectivity index (χ2v) is 5.68. The highest BCUT2D eigenvalue weighted by molar-refractivity contribution is 5.80. The van der Waals surface area contributed by atoms with E-state index in [-0.39, 0.29) is 5.69 Å². The van der Waals surface area contributed by atoms with E-state index in [0.29, 0.717) is 12.0 Å². The second-order valence-electron chi connectivity index (χ2n) is 5.68. The van der Waals surface area contributed by atoms with Crippen molar-refractivity contribution in [3.05, 3.63) is 69.3 Å². The third-order valence-corrected chi connectivity index (χ3v) is 3.52. The van der Waals surface area contributed by atoms with E-state index in [2.05, 4.69) is 24.4 Å². The lowest BCUT2D eigenvalue weighted by atomic mass is 10.0. The number of nitro groups is 1. The number of nitro benzene ring substituents is 1. The van der Waals surface area contributed by atoms with Crippen LogP contribution >= 0.6 is 0 Å². The summed E-state index contributed by atoms with van der Waals surface area (Å²) in [5.41, 5.74) is 2.44. The van der Waals surface area contributed by atoms with Gasteiger partial charge < -0.3 is 0 Å². The van der Waals surface area contributed by atoms with Gasteiger partial charge in [0.1, 0.15) is 5.69 Å². The third kappa shape index (κ3) is 4.79. The lowest BCUT2D eigenvalue weighted by molar-refractivity contribution is -0.384. The van der Waals surface area contributed by atoms with Crippen LogP contribution in [0.3, 0.4) is 0 Å². The Kier molecular flexibility index (Phi) is 5.41. The van der Waals surface area contributed by atoms with Gasteiger partial charge in [0.15, 0.2) is 0 Å². The van der Waals surface area contributed by atoms with Gasteiger partial charge in [0.05, 0.1) is 16.7 Å². The van der Waals surface area contributed by atoms with Crippen LogP contribution in [0.25, 0.3) is 0 Å². The molecular weight excluding hydrogens is 335 g/mol. The van der Waals surface area contributed by atoms with E-state index in [1.165, 1.54) is 6.21 Å². The van der Waals surface area contributed by atoms with Gasteiger partial charge in [0.25, 0.3) is 5.69 Å². The summed E-state index contributed by atoms with van der Waals surface area (Å²) >= 11 is 0. The zero-order valence-electron chi connectivity index (χ0n) is 13.5. The van der Waals surface area contributed by atoms with E-state index < -0.39 is 22.4 Å². The second kappa shape index (κ2) is 7.33. The van der Waals surface area contributed by atoms with Crippen LogP contribution in [0.4, 0.5) is 24.5 Å². The number of hydrogen-bond donors (Lipinski definition) is 1. The molecular formula is C17H16F3N3O2. The van der Waals surface area contributed by atoms with E-state index >= 15 is 0 Å². The van der Waals surface area contributed by atoms with Crippen molar-refractivity contribution in [2.75, 3.05) is 5.43 Å². The number of hydrogen-bond acceptors (Lipinski definition) is 4. The summed E-state index contributed by atoms with van der Waals surface area (Å²) in [4.78, 5) is 10.1. The first-order chi connectivity index (χ1) is 11.7. The van der Waals surface area contributed by atoms with Crippen LogP contribution in [0, 0.1) is 10.1 Å². The van der Waals surface area contributed by atoms with Gasteiger partial charge in [0.2, 0.25) is 0 Å². The first kappa shape index (κ1) is 18.4. The Morgan fingerprint density at radius 1 is 1.16 bits per heavy atom. The van der Waals surface area contributed by atoms with Crippen LogP contribution in [0.1, 0.15) is 36.5 Å². The zero-order valence-corrected chi connectivity index (χ0v) is 13.5. The lowest BCUT2D eigenvalue weighted by Gasteiger charge is -2.08. The van der Waals surface area contributed by atoms with Crippen molar-refractivity contribution in [2.24, 2.45) is 5.10 Å². The van der Waals surface area contributed by atoms with Crippen molar-refractivity contribution in [2.45, 2.75) is 25.9 Å². The SMILES string of the molecule is CC(C)c1ccc(/C=N\Nc2ccc(C(F)(F)F)cc2[N+](=O)[O-])cc1. The Morgan fingerprint density at radius 2 is 1.80 bits per heavy atom. The molecule has 0 aromatic heterocycles. The molecule has 25 heavy (non-hydrogen) atoms. The van der Waals surface area contributed by atoms with Crippen molar-refractivity contribution < 1.29 is 18.1 Å². The maximum atomic E-state index is 12.7. The predicted octanol–water partition coefficient (Wildman–Crippen LogP) is 5.18. The van der Waals surface area contributed by atoms with Gasteiger partial charge in [-0.2, -0.15) is 18.3 Å². The predicted molar refractivity (Wildman–Crippen MR) is 89.8 cm³/mol. The van der Waals surface area contributed by atoms with E-state index in [9.17, 15) is 23.3 Å². The summed E-state index contributed by atoms with van der Waals surface area (Å²) in [6, 6.07) is 9.78. The molecule has 0 saturated carbocycles. The van der Waals surface area contributed by atoms with E-state index in [4.69, 9.17) is 0 Å².